The van der Waals surface area contributed by atoms with Crippen molar-refractivity contribution in [2.45, 2.75) is 77.2 Å². The Bertz CT molecular complexity index is 2390. The van der Waals surface area contributed by atoms with Crippen LogP contribution in [0.3, 0.4) is 0 Å². The van der Waals surface area contributed by atoms with Gasteiger partial charge in [-0.3, -0.25) is 0 Å². The van der Waals surface area contributed by atoms with Crippen LogP contribution in [0, 0.1) is 13.8 Å². The van der Waals surface area contributed by atoms with Gasteiger partial charge in [-0.2, -0.15) is 39.5 Å². The van der Waals surface area contributed by atoms with Crippen molar-refractivity contribution in [2.75, 3.05) is 18.8 Å². The second kappa shape index (κ2) is 25.3. The predicted octanol–water partition coefficient (Wildman–Crippen LogP) is 3.17. The number of hydrogen-bond donors (Lipinski definition) is 0. The molecule has 0 aliphatic heterocycles. The minimum Gasteiger partial charge on any atom is -0.429 e. The minimum atomic E-state index is -5.92. The minimum absolute atomic E-state index is 0.246. The van der Waals surface area contributed by atoms with Gasteiger partial charge in [-0.1, -0.05) is 6.92 Å². The molecule has 0 atom stereocenters. The van der Waals surface area contributed by atoms with Gasteiger partial charge in [0.05, 0.1) is 57.3 Å². The number of sulfonamides is 6. The summed E-state index contributed by atoms with van der Waals surface area (Å²) < 4.78 is 239. The second-order valence-electron chi connectivity index (χ2n) is 12.0. The number of alkyl halides is 9. The Kier molecular flexibility index (Phi) is 25.6. The van der Waals surface area contributed by atoms with E-state index in [1.807, 2.05) is 17.8 Å². The third kappa shape index (κ3) is 28.8. The van der Waals surface area contributed by atoms with E-state index in [0.717, 1.165) is 19.6 Å². The Morgan fingerprint density at radius 3 is 1.16 bits per heavy atom. The molecule has 0 bridgehead atoms. The highest BCUT2D eigenvalue weighted by molar-refractivity contribution is 8.13. The SMILES string of the molecule is CCCn1cc[n+](C)c1C.CC[n+]1cccc(C)c1.CCn1cc[n+](C)c1.CS(=O)(=O)[N-]S(=O)(=O)C(F)(F)F.CS(=O)(=O)[N-]S(=O)(=O)C(F)(F)F.CS(=O)(=O)[N-]S(=O)(=O)C(F)(F)F. The smallest absolute Gasteiger partial charge is 0.429 e. The molecule has 63 heavy (non-hydrogen) atoms. The first kappa shape index (κ1) is 63.8. The Labute approximate surface area is 361 Å². The maximum atomic E-state index is 11.4. The highest BCUT2D eigenvalue weighted by atomic mass is 32.3. The molecule has 0 N–H and O–H groups in total. The van der Waals surface area contributed by atoms with Crippen LogP contribution in [0.1, 0.15) is 38.6 Å². The van der Waals surface area contributed by atoms with Crippen LogP contribution >= 0.6 is 0 Å². The Morgan fingerprint density at radius 1 is 0.603 bits per heavy atom. The molecule has 0 saturated heterocycles. The van der Waals surface area contributed by atoms with Crippen molar-refractivity contribution in [3.63, 3.8) is 0 Å². The van der Waals surface area contributed by atoms with Gasteiger partial charge in [-0.25, -0.2) is 73.3 Å². The molecule has 3 rings (SSSR count). The second-order valence-corrected chi connectivity index (χ2v) is 22.4. The van der Waals surface area contributed by atoms with Crippen LogP contribution in [0.4, 0.5) is 39.5 Å². The van der Waals surface area contributed by atoms with Crippen molar-refractivity contribution in [2.24, 2.45) is 14.1 Å². The van der Waals surface area contributed by atoms with Gasteiger partial charge < -0.3 is 12.4 Å². The molecule has 0 aromatic carbocycles. The van der Waals surface area contributed by atoms with E-state index in [1.54, 1.807) is 12.4 Å². The third-order valence-corrected chi connectivity index (χ3v) is 13.4. The summed E-state index contributed by atoms with van der Waals surface area (Å²) in [7, 11) is -27.3. The van der Waals surface area contributed by atoms with Gasteiger partial charge in [0.25, 0.3) is 5.82 Å². The number of imidazole rings is 2. The quantitative estimate of drug-likeness (QED) is 0.209. The third-order valence-electron chi connectivity index (χ3n) is 6.00. The molecule has 0 amide bonds. The number of hydrogen-bond acceptors (Lipinski definition) is 12. The van der Waals surface area contributed by atoms with Crippen molar-refractivity contribution in [1.29, 1.82) is 0 Å². The van der Waals surface area contributed by atoms with Crippen LogP contribution in [-0.4, -0.2) is 94.9 Å². The zero-order chi connectivity index (χ0) is 50.9. The number of nitrogens with zero attached hydrogens (tertiary/aromatic N) is 8. The van der Waals surface area contributed by atoms with Crippen LogP contribution in [0.2, 0.25) is 0 Å². The summed E-state index contributed by atoms with van der Waals surface area (Å²) in [5, 5.41) is 0. The largest absolute Gasteiger partial charge is 0.480 e. The van der Waals surface area contributed by atoms with E-state index in [4.69, 9.17) is 0 Å². The lowest BCUT2D eigenvalue weighted by Crippen LogP contribution is -2.30. The standard InChI is InChI=1S/C8H15N2.C8H12N.C6H11N2.3C2H3F3NO4S2/c1-4-5-10-7-6-9(3)8(10)2;1-3-9-6-4-5-8(2)7-9;1-3-8-5-4-7(2)6-8;3*1-11(7,8)6-12(9,10)2(3,4)5/h6-7H,4-5H2,1-3H3;4-7H,3H2,1-2H3;4-6H,3H2,1-2H3;3*1H3/q3*+1;3*-1. The molecule has 0 spiro atoms. The summed E-state index contributed by atoms with van der Waals surface area (Å²) in [5.74, 6) is 1.32. The summed E-state index contributed by atoms with van der Waals surface area (Å²) >= 11 is 0. The van der Waals surface area contributed by atoms with Crippen molar-refractivity contribution >= 4 is 60.1 Å². The first-order valence-electron chi connectivity index (χ1n) is 16.5. The van der Waals surface area contributed by atoms with Gasteiger partial charge in [0, 0.05) is 37.3 Å². The molecule has 3 aromatic rings. The first-order chi connectivity index (χ1) is 27.8. The topological polar surface area (TPSA) is 269 Å². The van der Waals surface area contributed by atoms with Crippen molar-refractivity contribution < 1.29 is 104 Å². The van der Waals surface area contributed by atoms with Crippen LogP contribution < -0.4 is 13.7 Å². The lowest BCUT2D eigenvalue weighted by Gasteiger charge is -2.19. The maximum absolute atomic E-state index is 11.4. The number of rotatable bonds is 10. The van der Waals surface area contributed by atoms with E-state index >= 15 is 0 Å². The fourth-order valence-electron chi connectivity index (χ4n) is 3.28. The molecule has 0 fully saturated rings. The molecule has 3 aromatic heterocycles. The van der Waals surface area contributed by atoms with Gasteiger partial charge in [0.1, 0.15) is 31.3 Å². The van der Waals surface area contributed by atoms with Gasteiger partial charge in [-0.15, -0.1) is 0 Å². The zero-order valence-electron chi connectivity index (χ0n) is 34.9. The predicted molar refractivity (Wildman–Crippen MR) is 208 cm³/mol. The molecule has 0 aliphatic rings. The monoisotopic (exact) mass is 1050 g/mol. The van der Waals surface area contributed by atoms with Gasteiger partial charge in [-0.05, 0) is 33.3 Å². The van der Waals surface area contributed by atoms with Crippen molar-refractivity contribution in [1.82, 2.24) is 9.13 Å². The van der Waals surface area contributed by atoms with Gasteiger partial charge in [0.15, 0.2) is 42.5 Å². The molecule has 0 saturated carbocycles. The number of aryl methyl sites for hydroxylation is 6. The highest BCUT2D eigenvalue weighted by Gasteiger charge is 2.41. The van der Waals surface area contributed by atoms with E-state index in [9.17, 15) is 90.0 Å². The number of pyridine rings is 1. The number of halogens is 9. The maximum Gasteiger partial charge on any atom is 0.480 e. The summed E-state index contributed by atoms with van der Waals surface area (Å²) in [4.78, 5) is 0. The molecular weight excluding hydrogens is 1000 g/mol. The molecule has 20 nitrogen and oxygen atoms in total. The molecule has 370 valence electrons. The first-order valence-corrected chi connectivity index (χ1v) is 26.4. The van der Waals surface area contributed by atoms with Crippen LogP contribution in [0.25, 0.3) is 12.4 Å². The fraction of sp³-hybridized carbons (Fsp3) is 0.607. The molecule has 0 aliphatic carbocycles. The molecular formula is C28H47F9N8O12S6. The highest BCUT2D eigenvalue weighted by Crippen LogP contribution is 2.31. The lowest BCUT2D eigenvalue weighted by molar-refractivity contribution is -0.693. The average molecular weight is 1050 g/mol. The van der Waals surface area contributed by atoms with E-state index in [1.165, 1.54) is 17.8 Å². The van der Waals surface area contributed by atoms with Crippen LogP contribution in [-0.2, 0) is 93.9 Å². The zero-order valence-corrected chi connectivity index (χ0v) is 39.8. The van der Waals surface area contributed by atoms with Crippen LogP contribution in [0.15, 0.2) is 55.6 Å². The fourth-order valence-corrected chi connectivity index (χ4v) is 8.57. The molecule has 0 unspecified atom stereocenters. The van der Waals surface area contributed by atoms with Crippen molar-refractivity contribution in [3.05, 3.63) is 79.4 Å². The van der Waals surface area contributed by atoms with Gasteiger partial charge in [0.2, 0.25) is 6.33 Å². The molecule has 3 heterocycles. The van der Waals surface area contributed by atoms with Crippen molar-refractivity contribution in [3.8, 4) is 0 Å². The van der Waals surface area contributed by atoms with Crippen LogP contribution in [0.5, 0.6) is 0 Å². The lowest BCUT2D eigenvalue weighted by atomic mass is 10.3. The average Bonchev–Trinajstić information content (AvgIpc) is 3.61. The summed E-state index contributed by atoms with van der Waals surface area (Å²) in [6, 6.07) is 4.17. The summed E-state index contributed by atoms with van der Waals surface area (Å²) in [6.07, 6.45) is 16.5. The summed E-state index contributed by atoms with van der Waals surface area (Å²) in [5.41, 5.74) is -15.7. The normalized spacial score (nSPS) is 12.6. The Balaban J connectivity index is -0.000000689. The number of aromatic nitrogens is 5. The Morgan fingerprint density at radius 2 is 0.984 bits per heavy atom. The van der Waals surface area contributed by atoms with E-state index < -0.39 is 76.7 Å². The summed E-state index contributed by atoms with van der Waals surface area (Å²) in [6.45, 7) is 13.9. The van der Waals surface area contributed by atoms with E-state index in [0.29, 0.717) is 0 Å². The molecule has 0 radical (unpaired) electrons. The molecule has 35 heteroatoms. The Hall–Kier alpha value is -3.48. The van der Waals surface area contributed by atoms with Gasteiger partial charge >= 0.3 is 16.5 Å². The van der Waals surface area contributed by atoms with E-state index in [2.05, 4.69) is 109 Å². The van der Waals surface area contributed by atoms with E-state index in [-0.39, 0.29) is 18.8 Å².